The summed E-state index contributed by atoms with van der Waals surface area (Å²) < 4.78 is 53.9. The maximum absolute atomic E-state index is 12.1. The molecule has 5 aliphatic heterocycles. The Balaban J connectivity index is 0.857. The van der Waals surface area contributed by atoms with E-state index < -0.39 is 148 Å². The number of hydrogen-bond donors (Lipinski definition) is 14. The molecule has 3 saturated carbocycles. The molecule has 0 aromatic carbocycles. The molecule has 23 nitrogen and oxygen atoms in total. The third kappa shape index (κ3) is 9.89. The van der Waals surface area contributed by atoms with E-state index in [1.807, 2.05) is 6.92 Å². The van der Waals surface area contributed by atoms with Crippen molar-refractivity contribution in [2.24, 2.45) is 46.3 Å². The Kier molecular flexibility index (Phi) is 16.9. The standard InChI is InChI=1S/C51H84O23/c1-20(19-66-44-39(60)38(59)35(56)30(17-52)70-44)9-14-50(64)21(2)32-29(73-50)16-28-26-8-7-24-15-25(10-12-48(24,5)27(26)11-13-49(28,32)6)69-47-42(72-45-40(61)36(57)33(54)22(3)67-45)43(63)51(65,31(18-53)71-47)74-46-41(62)37(58)34(55)23(4)68-46/h7,20-23,25-47,52-65H,8-19H2,1-6H3/t20-,21+,22+,23+,25+,26+,27+,28+,29+,30-,31-,32+,33+,34+,35-,36-,37-,38+,39-,40-,41-,42-,43-,44-,45+,46+,47-,48+,49+,50-,51-/m1/s1. The van der Waals surface area contributed by atoms with Crippen molar-refractivity contribution in [3.05, 3.63) is 11.6 Å². The zero-order valence-corrected chi connectivity index (χ0v) is 43.1. The molecule has 9 aliphatic rings. The molecule has 0 amide bonds. The summed E-state index contributed by atoms with van der Waals surface area (Å²) >= 11 is 0. The summed E-state index contributed by atoms with van der Waals surface area (Å²) in [6, 6.07) is 0. The van der Waals surface area contributed by atoms with Gasteiger partial charge in [-0.1, -0.05) is 39.3 Å². The number of ether oxygens (including phenoxy) is 9. The molecule has 0 radical (unpaired) electrons. The highest BCUT2D eigenvalue weighted by Gasteiger charge is 2.68. The van der Waals surface area contributed by atoms with Gasteiger partial charge in [-0.25, -0.2) is 0 Å². The molecule has 5 saturated heterocycles. The summed E-state index contributed by atoms with van der Waals surface area (Å²) in [4.78, 5) is 0. The Labute approximate surface area is 430 Å². The fraction of sp³-hybridized carbons (Fsp3) is 0.961. The van der Waals surface area contributed by atoms with Crippen LogP contribution in [0.2, 0.25) is 0 Å². The van der Waals surface area contributed by atoms with E-state index in [0.717, 1.165) is 32.1 Å². The summed E-state index contributed by atoms with van der Waals surface area (Å²) in [7, 11) is 0. The van der Waals surface area contributed by atoms with E-state index >= 15 is 0 Å². The van der Waals surface area contributed by atoms with Gasteiger partial charge in [0.2, 0.25) is 5.79 Å². The van der Waals surface area contributed by atoms with E-state index in [0.29, 0.717) is 43.4 Å². The van der Waals surface area contributed by atoms with Crippen molar-refractivity contribution in [2.75, 3.05) is 19.8 Å². The lowest BCUT2D eigenvalue weighted by atomic mass is 9.47. The van der Waals surface area contributed by atoms with E-state index in [-0.39, 0.29) is 41.3 Å². The van der Waals surface area contributed by atoms with E-state index in [1.54, 1.807) is 0 Å². The first-order valence-corrected chi connectivity index (χ1v) is 26.9. The van der Waals surface area contributed by atoms with Crippen molar-refractivity contribution in [1.82, 2.24) is 0 Å². The minimum absolute atomic E-state index is 0.0826. The van der Waals surface area contributed by atoms with Crippen LogP contribution in [0.5, 0.6) is 0 Å². The van der Waals surface area contributed by atoms with Crippen LogP contribution in [0.15, 0.2) is 11.6 Å². The highest BCUT2D eigenvalue weighted by molar-refractivity contribution is 5.26. The lowest BCUT2D eigenvalue weighted by molar-refractivity contribution is -0.454. The monoisotopic (exact) mass is 1060 g/mol. The molecule has 4 aliphatic carbocycles. The van der Waals surface area contributed by atoms with E-state index in [4.69, 9.17) is 42.6 Å². The van der Waals surface area contributed by atoms with Crippen molar-refractivity contribution in [1.29, 1.82) is 0 Å². The quantitative estimate of drug-likeness (QED) is 0.0624. The van der Waals surface area contributed by atoms with Crippen molar-refractivity contribution in [3.8, 4) is 0 Å². The van der Waals surface area contributed by atoms with Crippen LogP contribution in [0.3, 0.4) is 0 Å². The van der Waals surface area contributed by atoms with Gasteiger partial charge in [-0.05, 0) is 106 Å². The van der Waals surface area contributed by atoms with Crippen LogP contribution in [0.1, 0.15) is 99.3 Å². The lowest BCUT2D eigenvalue weighted by Gasteiger charge is -2.58. The Morgan fingerprint density at radius 3 is 1.99 bits per heavy atom. The van der Waals surface area contributed by atoms with Gasteiger partial charge < -0.3 is 114 Å². The highest BCUT2D eigenvalue weighted by Crippen LogP contribution is 2.70. The number of rotatable bonds is 14. The summed E-state index contributed by atoms with van der Waals surface area (Å²) in [5.74, 6) is -3.33. The molecule has 31 atom stereocenters. The molecule has 14 N–H and O–H groups in total. The van der Waals surface area contributed by atoms with Crippen LogP contribution in [-0.4, -0.2) is 232 Å². The van der Waals surface area contributed by atoms with Gasteiger partial charge in [0.05, 0.1) is 44.2 Å². The van der Waals surface area contributed by atoms with Gasteiger partial charge in [-0.2, -0.15) is 0 Å². The van der Waals surface area contributed by atoms with Crippen LogP contribution in [0.25, 0.3) is 0 Å². The average Bonchev–Trinajstić information content (AvgIpc) is 3.82. The van der Waals surface area contributed by atoms with E-state index in [1.165, 1.54) is 19.4 Å². The number of fused-ring (bicyclic) bond motifs is 7. The number of hydrogen-bond acceptors (Lipinski definition) is 23. The molecule has 5 heterocycles. The molecule has 9 rings (SSSR count). The molecule has 0 spiro atoms. The van der Waals surface area contributed by atoms with Crippen LogP contribution in [0, 0.1) is 46.3 Å². The fourth-order valence-electron chi connectivity index (χ4n) is 15.0. The molecule has 0 bridgehead atoms. The maximum atomic E-state index is 12.1. The van der Waals surface area contributed by atoms with Crippen LogP contribution in [-0.2, 0) is 42.6 Å². The number of allylic oxidation sites excluding steroid dienone is 1. The topological polar surface area (TPSA) is 366 Å². The van der Waals surface area contributed by atoms with E-state index in [9.17, 15) is 71.5 Å². The molecule has 74 heavy (non-hydrogen) atoms. The van der Waals surface area contributed by atoms with Crippen molar-refractivity contribution in [2.45, 2.75) is 240 Å². The first-order chi connectivity index (χ1) is 34.8. The Morgan fingerprint density at radius 1 is 0.689 bits per heavy atom. The minimum Gasteiger partial charge on any atom is -0.394 e. The normalized spacial score (nSPS) is 55.9. The SMILES string of the molecule is C[C@H](CC[C@@]1(O)O[C@H]2C[C@H]3[C@H]4CC=C5C[C@@H](O[C@@H]6O[C@H](CO)[C@@](O)(O[C@@H]7O[C@@H](C)[C@H](O)[C@@H](O)[C@H]7O)[C@H](O)[C@H]6O[C@@H]6O[C@@H](C)[C@H](O)[C@@H](O)[C@H]6O)CC[C@]5(C)[C@H]4CC[C@]3(C)[C@H]2[C@@H]1C)CO[C@@H]1O[C@H](CO)[C@@H](O)[C@H](O)[C@H]1O. The van der Waals surface area contributed by atoms with Crippen LogP contribution in [0.4, 0.5) is 0 Å². The fourth-order valence-corrected chi connectivity index (χ4v) is 15.0. The molecule has 0 aromatic rings. The summed E-state index contributed by atoms with van der Waals surface area (Å²) in [5, 5.41) is 151. The molecular formula is C51H84O23. The third-order valence-corrected chi connectivity index (χ3v) is 19.6. The average molecular weight is 1070 g/mol. The lowest BCUT2D eigenvalue weighted by Crippen LogP contribution is -2.72. The zero-order chi connectivity index (χ0) is 53.7. The summed E-state index contributed by atoms with van der Waals surface area (Å²) in [6.45, 7) is 10.2. The Morgan fingerprint density at radius 2 is 1.32 bits per heavy atom. The maximum Gasteiger partial charge on any atom is 0.226 e. The highest BCUT2D eigenvalue weighted by atomic mass is 16.8. The number of aliphatic hydroxyl groups is 14. The van der Waals surface area contributed by atoms with Gasteiger partial charge in [-0.15, -0.1) is 0 Å². The molecule has 426 valence electrons. The van der Waals surface area contributed by atoms with E-state index in [2.05, 4.69) is 26.8 Å². The minimum atomic E-state index is -2.94. The van der Waals surface area contributed by atoms with Gasteiger partial charge in [0.1, 0.15) is 79.4 Å². The summed E-state index contributed by atoms with van der Waals surface area (Å²) in [6.07, 6.45) is -22.2. The second-order valence-corrected chi connectivity index (χ2v) is 24.0. The van der Waals surface area contributed by atoms with Gasteiger partial charge in [0.15, 0.2) is 30.9 Å². The molecule has 0 unspecified atom stereocenters. The second-order valence-electron chi connectivity index (χ2n) is 24.0. The predicted molar refractivity (Wildman–Crippen MR) is 250 cm³/mol. The first kappa shape index (κ1) is 57.5. The summed E-state index contributed by atoms with van der Waals surface area (Å²) in [5.41, 5.74) is 0.945. The van der Waals surface area contributed by atoms with Crippen LogP contribution < -0.4 is 0 Å². The van der Waals surface area contributed by atoms with Crippen molar-refractivity contribution in [3.63, 3.8) is 0 Å². The van der Waals surface area contributed by atoms with Crippen molar-refractivity contribution < 1.29 is 114 Å². The first-order valence-electron chi connectivity index (χ1n) is 26.9. The van der Waals surface area contributed by atoms with Crippen molar-refractivity contribution >= 4 is 0 Å². The van der Waals surface area contributed by atoms with Gasteiger partial charge in [0, 0.05) is 12.3 Å². The molecule has 8 fully saturated rings. The second kappa shape index (κ2) is 21.7. The third-order valence-electron chi connectivity index (χ3n) is 19.6. The number of aliphatic hydroxyl groups excluding tert-OH is 12. The smallest absolute Gasteiger partial charge is 0.226 e. The predicted octanol–water partition coefficient (Wildman–Crippen LogP) is -2.66. The Hall–Kier alpha value is -1.18. The molecular weight excluding hydrogens is 981 g/mol. The Bertz CT molecular complexity index is 1950. The largest absolute Gasteiger partial charge is 0.394 e. The molecule has 23 heteroatoms. The van der Waals surface area contributed by atoms with Crippen LogP contribution >= 0.6 is 0 Å². The molecule has 0 aromatic heterocycles. The van der Waals surface area contributed by atoms with Gasteiger partial charge in [-0.3, -0.25) is 0 Å². The zero-order valence-electron chi connectivity index (χ0n) is 43.1. The van der Waals surface area contributed by atoms with Gasteiger partial charge >= 0.3 is 0 Å². The van der Waals surface area contributed by atoms with Gasteiger partial charge in [0.25, 0.3) is 0 Å².